The fourth-order valence-electron chi connectivity index (χ4n) is 6.27. The quantitative estimate of drug-likeness (QED) is 0.0197. The van der Waals surface area contributed by atoms with Crippen molar-refractivity contribution >= 4 is 25.7 Å². The summed E-state index contributed by atoms with van der Waals surface area (Å²) in [7, 11) is -4.80. The average Bonchev–Trinajstić information content (AvgIpc) is 3.37. The molecule has 0 bridgehead atoms. The lowest BCUT2D eigenvalue weighted by Gasteiger charge is -2.21. The molecule has 0 fully saturated rings. The monoisotopic (exact) mass is 1020 g/mol. The molecule has 3 atom stereocenters. The number of aliphatic hydroxyl groups is 1. The van der Waals surface area contributed by atoms with Crippen LogP contribution in [0.3, 0.4) is 0 Å². The summed E-state index contributed by atoms with van der Waals surface area (Å²) >= 11 is 0. The Hall–Kier alpha value is -4.64. The van der Waals surface area contributed by atoms with Gasteiger partial charge in [-0.3, -0.25) is 23.4 Å². The normalized spacial score (nSPS) is 14.6. The van der Waals surface area contributed by atoms with Crippen molar-refractivity contribution in [2.24, 2.45) is 0 Å². The highest BCUT2D eigenvalue weighted by Crippen LogP contribution is 2.43. The number of carbonyl (C=O) groups excluding carboxylic acids is 3. The van der Waals surface area contributed by atoms with Crippen molar-refractivity contribution in [3.8, 4) is 0 Å². The Bertz CT molecular complexity index is 1760. The number of rotatable bonds is 47. The Kier molecular flexibility index (Phi) is 49.3. The van der Waals surface area contributed by atoms with Gasteiger partial charge in [0.15, 0.2) is 6.10 Å². The fraction of sp³-hybridized carbons (Fsp3) is 0.550. The number of hydrogen-bond donors (Lipinski definition) is 2. The lowest BCUT2D eigenvalue weighted by Crippen LogP contribution is -2.30. The Morgan fingerprint density at radius 1 is 0.417 bits per heavy atom. The smallest absolute Gasteiger partial charge is 0.462 e. The third-order valence-corrected chi connectivity index (χ3v) is 11.2. The van der Waals surface area contributed by atoms with E-state index in [2.05, 4.69) is 130 Å². The molecule has 2 N–H and O–H groups in total. The second-order valence-corrected chi connectivity index (χ2v) is 18.4. The molecule has 0 spiro atoms. The van der Waals surface area contributed by atoms with Gasteiger partial charge in [-0.05, 0) is 109 Å². The Balaban J connectivity index is 4.95. The minimum absolute atomic E-state index is 0.0686. The number of ether oxygens (including phenoxy) is 3. The van der Waals surface area contributed by atoms with Gasteiger partial charge in [0.1, 0.15) is 12.7 Å². The minimum atomic E-state index is -4.80. The number of hydrogen-bond acceptors (Lipinski definition) is 10. The van der Waals surface area contributed by atoms with Crippen molar-refractivity contribution in [1.29, 1.82) is 0 Å². The minimum Gasteiger partial charge on any atom is -0.462 e. The average molecular weight is 1020 g/mol. The number of unbranched alkanes of at least 4 members (excludes halogenated alkanes) is 7. The third-order valence-electron chi connectivity index (χ3n) is 10.2. The molecule has 0 aliphatic heterocycles. The predicted molar refractivity (Wildman–Crippen MR) is 297 cm³/mol. The number of phosphoric acid groups is 1. The van der Waals surface area contributed by atoms with Crippen molar-refractivity contribution in [2.75, 3.05) is 26.4 Å². The third kappa shape index (κ3) is 50.3. The maximum Gasteiger partial charge on any atom is 0.472 e. The van der Waals surface area contributed by atoms with Crippen LogP contribution < -0.4 is 0 Å². The van der Waals surface area contributed by atoms with Crippen LogP contribution in [0.5, 0.6) is 0 Å². The van der Waals surface area contributed by atoms with Crippen LogP contribution in [-0.4, -0.2) is 66.5 Å². The molecule has 0 aliphatic carbocycles. The van der Waals surface area contributed by atoms with E-state index in [4.69, 9.17) is 23.3 Å². The van der Waals surface area contributed by atoms with Crippen LogP contribution in [0.4, 0.5) is 0 Å². The zero-order valence-electron chi connectivity index (χ0n) is 44.3. The van der Waals surface area contributed by atoms with E-state index in [1.54, 1.807) is 6.08 Å². The number of esters is 3. The molecule has 0 aromatic rings. The molecule has 0 rings (SSSR count). The van der Waals surface area contributed by atoms with E-state index in [-0.39, 0.29) is 25.9 Å². The number of carbonyl (C=O) groups is 3. The van der Waals surface area contributed by atoms with Crippen LogP contribution in [0, 0.1) is 0 Å². The van der Waals surface area contributed by atoms with Crippen molar-refractivity contribution in [3.63, 3.8) is 0 Å². The molecule has 0 saturated carbocycles. The van der Waals surface area contributed by atoms with Crippen LogP contribution in [0.1, 0.15) is 175 Å². The van der Waals surface area contributed by atoms with E-state index < -0.39 is 57.8 Å². The molecule has 0 aliphatic rings. The van der Waals surface area contributed by atoms with E-state index in [1.165, 1.54) is 0 Å². The van der Waals surface area contributed by atoms with Gasteiger partial charge in [0.25, 0.3) is 0 Å². The second-order valence-electron chi connectivity index (χ2n) is 16.9. The molecule has 12 heteroatoms. The molecule has 0 radical (unpaired) electrons. The molecule has 404 valence electrons. The molecule has 0 saturated heterocycles. The summed E-state index contributed by atoms with van der Waals surface area (Å²) in [6, 6.07) is 0. The molecule has 0 heterocycles. The second kappa shape index (κ2) is 52.7. The highest BCUT2D eigenvalue weighted by molar-refractivity contribution is 7.47. The van der Waals surface area contributed by atoms with Gasteiger partial charge in [-0.15, -0.1) is 0 Å². The first-order valence-corrected chi connectivity index (χ1v) is 28.2. The molecule has 0 aromatic heterocycles. The van der Waals surface area contributed by atoms with E-state index >= 15 is 0 Å². The molecule has 3 unspecified atom stereocenters. The largest absolute Gasteiger partial charge is 0.472 e. The number of allylic oxidation sites excluding steroid dienone is 23. The van der Waals surface area contributed by atoms with Gasteiger partial charge in [0, 0.05) is 12.8 Å². The lowest BCUT2D eigenvalue weighted by atomic mass is 10.1. The SMILES string of the molecule is CC/C=C\C/C=C\C/C=C\C/C=C\C/C=C\CCCC(=O)OC(COC(=O)CCCCCCC/C=C\C/C=C\CCC)COP(=O)(O)OCC(CO)OC(=O)C/C=C\C/C=C\C/C=C\C/C=C\C/C=C\CC. The highest BCUT2D eigenvalue weighted by Gasteiger charge is 2.28. The van der Waals surface area contributed by atoms with Gasteiger partial charge in [-0.1, -0.05) is 192 Å². The fourth-order valence-corrected chi connectivity index (χ4v) is 7.05. The Labute approximate surface area is 435 Å². The Morgan fingerprint density at radius 2 is 0.792 bits per heavy atom. The first-order valence-electron chi connectivity index (χ1n) is 26.7. The van der Waals surface area contributed by atoms with Crippen LogP contribution in [0.15, 0.2) is 146 Å². The van der Waals surface area contributed by atoms with E-state index in [0.29, 0.717) is 25.7 Å². The molecule has 11 nitrogen and oxygen atoms in total. The maximum absolute atomic E-state index is 12.9. The number of aliphatic hydroxyl groups excluding tert-OH is 1. The summed E-state index contributed by atoms with van der Waals surface area (Å²) in [4.78, 5) is 48.3. The van der Waals surface area contributed by atoms with E-state index in [9.17, 15) is 28.9 Å². The molecular weight excluding hydrogens is 928 g/mol. The topological polar surface area (TPSA) is 155 Å². The van der Waals surface area contributed by atoms with Gasteiger partial charge in [0.05, 0.1) is 26.2 Å². The van der Waals surface area contributed by atoms with Gasteiger partial charge in [-0.2, -0.15) is 0 Å². The molecule has 0 aromatic carbocycles. The molecule has 72 heavy (non-hydrogen) atoms. The summed E-state index contributed by atoms with van der Waals surface area (Å²) in [6.07, 6.45) is 67.1. The van der Waals surface area contributed by atoms with Gasteiger partial charge in [0.2, 0.25) is 0 Å². The van der Waals surface area contributed by atoms with Crippen LogP contribution in [0.25, 0.3) is 0 Å². The highest BCUT2D eigenvalue weighted by atomic mass is 31.2. The van der Waals surface area contributed by atoms with Crippen LogP contribution in [0.2, 0.25) is 0 Å². The number of phosphoric ester groups is 1. The van der Waals surface area contributed by atoms with Gasteiger partial charge in [-0.25, -0.2) is 4.57 Å². The summed E-state index contributed by atoms with van der Waals surface area (Å²) in [5, 5.41) is 9.77. The first-order chi connectivity index (χ1) is 35.2. The molecular formula is C60H93O11P. The first kappa shape index (κ1) is 67.4. The van der Waals surface area contributed by atoms with Crippen molar-refractivity contribution in [3.05, 3.63) is 146 Å². The summed E-state index contributed by atoms with van der Waals surface area (Å²) in [5.74, 6) is -1.71. The van der Waals surface area contributed by atoms with Crippen LogP contribution >= 0.6 is 7.82 Å². The van der Waals surface area contributed by atoms with Gasteiger partial charge < -0.3 is 24.2 Å². The lowest BCUT2D eigenvalue weighted by molar-refractivity contribution is -0.161. The zero-order valence-corrected chi connectivity index (χ0v) is 45.2. The van der Waals surface area contributed by atoms with E-state index in [1.807, 2.05) is 30.4 Å². The predicted octanol–water partition coefficient (Wildman–Crippen LogP) is 15.6. The van der Waals surface area contributed by atoms with E-state index in [0.717, 1.165) is 109 Å². The van der Waals surface area contributed by atoms with Crippen molar-refractivity contribution in [1.82, 2.24) is 0 Å². The van der Waals surface area contributed by atoms with Crippen LogP contribution in [-0.2, 0) is 42.2 Å². The Morgan fingerprint density at radius 3 is 1.26 bits per heavy atom. The summed E-state index contributed by atoms with van der Waals surface area (Å²) in [5.41, 5.74) is 0. The van der Waals surface area contributed by atoms with Gasteiger partial charge >= 0.3 is 25.7 Å². The maximum atomic E-state index is 12.9. The van der Waals surface area contributed by atoms with Crippen molar-refractivity contribution < 1.29 is 52.2 Å². The van der Waals surface area contributed by atoms with Crippen molar-refractivity contribution in [2.45, 2.75) is 187 Å². The zero-order chi connectivity index (χ0) is 52.7. The summed E-state index contributed by atoms with van der Waals surface area (Å²) in [6.45, 7) is 4.11. The summed E-state index contributed by atoms with van der Waals surface area (Å²) < 4.78 is 39.2. The molecule has 0 amide bonds. The standard InChI is InChI=1S/C60H93O11P/c1-4-7-10-13-16-19-22-25-27-28-30-33-36-39-42-45-48-51-60(64)71-57(53-67-58(62)49-46-43-40-37-34-31-24-21-18-15-12-9-6-3)55-69-72(65,66)68-54-56(52-61)70-59(63)50-47-44-41-38-35-32-29-26-23-20-17-14-11-8-5-2/h7-8,10-12,15-17,19-21,24-27,29-30,33,35,38-39,42,44,47,56-57,61H,4-6,9,13-14,18,22-23,28,31-32,34,36-37,40-41,43,45-46,48-55H2,1-3H3,(H,65,66)/b10-7-,11-8-,15-12-,19-16-,20-17-,24-21-,27-25-,29-26-,33-30-,38-35-,42-39-,47-44-.